The first kappa shape index (κ1) is 30.7. The Morgan fingerprint density at radius 1 is 0.364 bits per heavy atom. The topological polar surface area (TPSA) is 43.6 Å². The van der Waals surface area contributed by atoms with Crippen LogP contribution in [0.4, 0.5) is 0 Å². The van der Waals surface area contributed by atoms with Gasteiger partial charge >= 0.3 is 0 Å². The van der Waals surface area contributed by atoms with Crippen LogP contribution in [-0.4, -0.2) is 19.5 Å². The lowest BCUT2D eigenvalue weighted by molar-refractivity contribution is 1.08. The Kier molecular flexibility index (Phi) is 6.64. The van der Waals surface area contributed by atoms with E-state index in [1.54, 1.807) is 11.3 Å². The molecule has 0 saturated carbocycles. The third kappa shape index (κ3) is 4.59. The second-order valence-electron chi connectivity index (χ2n) is 13.9. The summed E-state index contributed by atoms with van der Waals surface area (Å²) in [5.41, 5.74) is 6.33. The number of rotatable bonds is 4. The van der Waals surface area contributed by atoms with E-state index in [0.717, 1.165) is 38.8 Å². The molecule has 0 spiro atoms. The second-order valence-corrected chi connectivity index (χ2v) is 16.0. The lowest BCUT2D eigenvalue weighted by atomic mass is 9.96. The van der Waals surface area contributed by atoms with Gasteiger partial charge in [0.2, 0.25) is 0 Å². The number of nitrogens with zero attached hydrogens (tertiary/aromatic N) is 4. The normalized spacial score (nSPS) is 12.0. The van der Waals surface area contributed by atoms with Crippen LogP contribution < -0.4 is 0 Å². The fourth-order valence-corrected chi connectivity index (χ4v) is 10.9. The maximum atomic E-state index is 5.43. The van der Waals surface area contributed by atoms with Crippen LogP contribution in [-0.2, 0) is 0 Å². The van der Waals surface area contributed by atoms with Gasteiger partial charge in [-0.15, -0.1) is 22.7 Å². The summed E-state index contributed by atoms with van der Waals surface area (Å²) in [4.78, 5) is 16.0. The first-order valence-corrected chi connectivity index (χ1v) is 20.0. The summed E-state index contributed by atoms with van der Waals surface area (Å²) in [6.45, 7) is 0. The molecule has 0 radical (unpaired) electrons. The zero-order valence-corrected chi connectivity index (χ0v) is 30.9. The standard InChI is InChI=1S/C49H28N4S2/c1-3-14-29(15-4-1)47-50-48(37-22-13-21-34-31-18-8-11-24-41(31)54-45(34)37)52-49(51-47)38-28-40-43(36-20-7-10-23-39(36)53(40)30-16-5-2-6-17-30)44-33(38)26-27-35-32-19-9-12-25-42(32)55-46(35)44/h1-28H. The van der Waals surface area contributed by atoms with Crippen LogP contribution >= 0.6 is 22.7 Å². The molecule has 0 aliphatic rings. The molecule has 0 fully saturated rings. The van der Waals surface area contributed by atoms with Gasteiger partial charge in [0.1, 0.15) is 0 Å². The molecule has 0 N–H and O–H groups in total. The van der Waals surface area contributed by atoms with Crippen LogP contribution in [0.3, 0.4) is 0 Å². The Morgan fingerprint density at radius 3 is 1.69 bits per heavy atom. The minimum absolute atomic E-state index is 0.651. The minimum Gasteiger partial charge on any atom is -0.309 e. The van der Waals surface area contributed by atoms with Crippen LogP contribution in [0.1, 0.15) is 0 Å². The van der Waals surface area contributed by atoms with Crippen molar-refractivity contribution in [2.24, 2.45) is 0 Å². The summed E-state index contributed by atoms with van der Waals surface area (Å²) < 4.78 is 7.38. The number of aromatic nitrogens is 4. The summed E-state index contributed by atoms with van der Waals surface area (Å²) in [6.07, 6.45) is 0. The summed E-state index contributed by atoms with van der Waals surface area (Å²) in [7, 11) is 0. The van der Waals surface area contributed by atoms with Crippen molar-refractivity contribution in [3.63, 3.8) is 0 Å². The van der Waals surface area contributed by atoms with Crippen molar-refractivity contribution in [1.82, 2.24) is 19.5 Å². The second kappa shape index (κ2) is 11.9. The van der Waals surface area contributed by atoms with Gasteiger partial charge in [-0.1, -0.05) is 127 Å². The van der Waals surface area contributed by atoms with E-state index in [9.17, 15) is 0 Å². The summed E-state index contributed by atoms with van der Waals surface area (Å²) in [5, 5.41) is 9.82. The quantitative estimate of drug-likeness (QED) is 0.181. The summed E-state index contributed by atoms with van der Waals surface area (Å²) >= 11 is 3.66. The van der Waals surface area contributed by atoms with Crippen LogP contribution in [0.25, 0.3) is 113 Å². The van der Waals surface area contributed by atoms with Crippen LogP contribution in [0.5, 0.6) is 0 Å². The maximum Gasteiger partial charge on any atom is 0.165 e. The highest BCUT2D eigenvalue weighted by atomic mass is 32.1. The molecule has 12 aromatic rings. The fourth-order valence-electron chi connectivity index (χ4n) is 8.43. The molecule has 0 aliphatic heterocycles. The lowest BCUT2D eigenvalue weighted by Gasteiger charge is -2.14. The molecule has 4 aromatic heterocycles. The molecule has 0 saturated heterocycles. The largest absolute Gasteiger partial charge is 0.309 e. The zero-order chi connectivity index (χ0) is 36.0. The molecule has 6 heteroatoms. The van der Waals surface area contributed by atoms with Gasteiger partial charge in [0.05, 0.1) is 11.0 Å². The van der Waals surface area contributed by atoms with Gasteiger partial charge in [-0.05, 0) is 47.9 Å². The first-order valence-electron chi connectivity index (χ1n) is 18.4. The van der Waals surface area contributed by atoms with Gasteiger partial charge in [0, 0.05) is 78.9 Å². The van der Waals surface area contributed by atoms with E-state index in [0.29, 0.717) is 17.5 Å². The highest BCUT2D eigenvalue weighted by Gasteiger charge is 2.23. The molecule has 8 aromatic carbocycles. The molecule has 4 heterocycles. The van der Waals surface area contributed by atoms with Crippen LogP contribution in [0.2, 0.25) is 0 Å². The molecule has 12 rings (SSSR count). The predicted molar refractivity (Wildman–Crippen MR) is 234 cm³/mol. The number of benzene rings is 8. The third-order valence-electron chi connectivity index (χ3n) is 10.8. The average Bonchev–Trinajstić information content (AvgIpc) is 3.93. The van der Waals surface area contributed by atoms with Crippen molar-refractivity contribution in [1.29, 1.82) is 0 Å². The number of hydrogen-bond acceptors (Lipinski definition) is 5. The zero-order valence-electron chi connectivity index (χ0n) is 29.3. The highest BCUT2D eigenvalue weighted by molar-refractivity contribution is 7.27. The van der Waals surface area contributed by atoms with Gasteiger partial charge in [-0.3, -0.25) is 0 Å². The Balaban J connectivity index is 1.25. The van der Waals surface area contributed by atoms with E-state index >= 15 is 0 Å². The van der Waals surface area contributed by atoms with Crippen molar-refractivity contribution >= 4 is 95.6 Å². The van der Waals surface area contributed by atoms with Gasteiger partial charge in [0.25, 0.3) is 0 Å². The smallest absolute Gasteiger partial charge is 0.165 e. The van der Waals surface area contributed by atoms with Gasteiger partial charge in [-0.25, -0.2) is 15.0 Å². The average molecular weight is 737 g/mol. The molecule has 4 nitrogen and oxygen atoms in total. The van der Waals surface area contributed by atoms with E-state index in [4.69, 9.17) is 15.0 Å². The Hall–Kier alpha value is -6.73. The van der Waals surface area contributed by atoms with Gasteiger partial charge < -0.3 is 4.57 Å². The molecule has 0 atom stereocenters. The van der Waals surface area contributed by atoms with Crippen molar-refractivity contribution in [3.8, 4) is 39.9 Å². The highest BCUT2D eigenvalue weighted by Crippen LogP contribution is 2.47. The van der Waals surface area contributed by atoms with Gasteiger partial charge in [-0.2, -0.15) is 0 Å². The van der Waals surface area contributed by atoms with Crippen molar-refractivity contribution < 1.29 is 0 Å². The van der Waals surface area contributed by atoms with E-state index < -0.39 is 0 Å². The predicted octanol–water partition coefficient (Wildman–Crippen LogP) is 13.9. The van der Waals surface area contributed by atoms with Gasteiger partial charge in [0.15, 0.2) is 17.5 Å². The maximum absolute atomic E-state index is 5.43. The number of hydrogen-bond donors (Lipinski definition) is 0. The SMILES string of the molecule is c1ccc(-c2nc(-c3cc4c(c5ccccc5n4-c4ccccc4)c4c3ccc3c5ccccc5sc34)nc(-c3cccc4c3sc3ccccc34)n2)cc1. The summed E-state index contributed by atoms with van der Waals surface area (Å²) in [5.74, 6) is 1.97. The molecular weight excluding hydrogens is 709 g/mol. The van der Waals surface area contributed by atoms with E-state index in [-0.39, 0.29) is 0 Å². The van der Waals surface area contributed by atoms with Crippen molar-refractivity contribution in [2.45, 2.75) is 0 Å². The molecular formula is C49H28N4S2. The fraction of sp³-hybridized carbons (Fsp3) is 0. The van der Waals surface area contributed by atoms with E-state index in [1.165, 1.54) is 56.5 Å². The molecule has 55 heavy (non-hydrogen) atoms. The number of fused-ring (bicyclic) bond motifs is 12. The number of thiophene rings is 2. The Bertz CT molecular complexity index is 3490. The van der Waals surface area contributed by atoms with Crippen molar-refractivity contribution in [3.05, 3.63) is 170 Å². The first-order chi connectivity index (χ1) is 27.3. The molecule has 0 amide bonds. The molecule has 0 aliphatic carbocycles. The molecule has 256 valence electrons. The molecule has 0 unspecified atom stereocenters. The van der Waals surface area contributed by atoms with Crippen LogP contribution in [0.15, 0.2) is 170 Å². The third-order valence-corrected chi connectivity index (χ3v) is 13.3. The minimum atomic E-state index is 0.651. The molecule has 0 bridgehead atoms. The van der Waals surface area contributed by atoms with Crippen molar-refractivity contribution in [2.75, 3.05) is 0 Å². The monoisotopic (exact) mass is 736 g/mol. The Labute approximate surface area is 323 Å². The number of para-hydroxylation sites is 2. The van der Waals surface area contributed by atoms with E-state index in [2.05, 4.69) is 156 Å². The van der Waals surface area contributed by atoms with Crippen LogP contribution in [0, 0.1) is 0 Å². The summed E-state index contributed by atoms with van der Waals surface area (Å²) in [6, 6.07) is 60.5. The van der Waals surface area contributed by atoms with E-state index in [1.807, 2.05) is 29.5 Å². The lowest BCUT2D eigenvalue weighted by Crippen LogP contribution is -2.01. The Morgan fingerprint density at radius 2 is 0.927 bits per heavy atom.